The molecular weight excluding hydrogens is 328 g/mol. The Morgan fingerprint density at radius 1 is 0.654 bits per heavy atom. The van der Waals surface area contributed by atoms with Crippen molar-refractivity contribution in [1.29, 1.82) is 0 Å². The van der Waals surface area contributed by atoms with Gasteiger partial charge in [-0.25, -0.2) is 0 Å². The number of methoxy groups -OCH3 is 3. The third kappa shape index (κ3) is 3.54. The lowest BCUT2D eigenvalue weighted by Gasteiger charge is -2.12. The first-order valence-corrected chi connectivity index (χ1v) is 8.17. The van der Waals surface area contributed by atoms with Crippen molar-refractivity contribution in [2.24, 2.45) is 0 Å². The summed E-state index contributed by atoms with van der Waals surface area (Å²) in [4.78, 5) is 13.1. The summed E-state index contributed by atoms with van der Waals surface area (Å²) >= 11 is 0. The monoisotopic (exact) mass is 348 g/mol. The second-order valence-electron chi connectivity index (χ2n) is 5.70. The Balaban J connectivity index is 2.06. The van der Waals surface area contributed by atoms with Crippen LogP contribution in [0.25, 0.3) is 11.1 Å². The standard InChI is InChI=1S/C22H20O4/c1-24-17-8-4-15(5-9-17)21-14-19(26-3)12-13-20(21)22(23)16-6-10-18(25-2)11-7-16/h4-14H,1-3H3. The van der Waals surface area contributed by atoms with Gasteiger partial charge < -0.3 is 14.2 Å². The number of hydrogen-bond donors (Lipinski definition) is 0. The molecule has 0 aliphatic heterocycles. The fourth-order valence-corrected chi connectivity index (χ4v) is 2.76. The Bertz CT molecular complexity index is 896. The maximum atomic E-state index is 13.1. The summed E-state index contributed by atoms with van der Waals surface area (Å²) in [5.41, 5.74) is 2.95. The van der Waals surface area contributed by atoms with E-state index < -0.39 is 0 Å². The predicted molar refractivity (Wildman–Crippen MR) is 101 cm³/mol. The Hall–Kier alpha value is -3.27. The van der Waals surface area contributed by atoms with Crippen molar-refractivity contribution in [3.8, 4) is 28.4 Å². The van der Waals surface area contributed by atoms with Gasteiger partial charge in [-0.1, -0.05) is 12.1 Å². The molecule has 3 rings (SSSR count). The van der Waals surface area contributed by atoms with Crippen molar-refractivity contribution in [2.75, 3.05) is 21.3 Å². The lowest BCUT2D eigenvalue weighted by Crippen LogP contribution is -2.04. The van der Waals surface area contributed by atoms with E-state index >= 15 is 0 Å². The quantitative estimate of drug-likeness (QED) is 0.610. The third-order valence-electron chi connectivity index (χ3n) is 4.22. The van der Waals surface area contributed by atoms with E-state index in [9.17, 15) is 4.79 Å². The number of carbonyl (C=O) groups excluding carboxylic acids is 1. The minimum Gasteiger partial charge on any atom is -0.497 e. The summed E-state index contributed by atoms with van der Waals surface area (Å²) in [6.45, 7) is 0. The molecule has 0 unspecified atom stereocenters. The Labute approximate surface area is 153 Å². The molecule has 0 saturated heterocycles. The molecule has 0 heterocycles. The molecule has 0 radical (unpaired) electrons. The van der Waals surface area contributed by atoms with E-state index in [1.54, 1.807) is 57.7 Å². The topological polar surface area (TPSA) is 44.8 Å². The molecule has 0 saturated carbocycles. The minimum absolute atomic E-state index is 0.0545. The Morgan fingerprint density at radius 3 is 1.69 bits per heavy atom. The first-order chi connectivity index (χ1) is 12.7. The highest BCUT2D eigenvalue weighted by Crippen LogP contribution is 2.31. The average molecular weight is 348 g/mol. The lowest BCUT2D eigenvalue weighted by atomic mass is 9.93. The van der Waals surface area contributed by atoms with Crippen LogP contribution in [0.15, 0.2) is 66.7 Å². The maximum absolute atomic E-state index is 13.1. The highest BCUT2D eigenvalue weighted by Gasteiger charge is 2.16. The fraction of sp³-hybridized carbons (Fsp3) is 0.136. The van der Waals surface area contributed by atoms with Crippen LogP contribution in [-0.2, 0) is 0 Å². The van der Waals surface area contributed by atoms with Crippen molar-refractivity contribution in [2.45, 2.75) is 0 Å². The largest absolute Gasteiger partial charge is 0.497 e. The molecule has 0 spiro atoms. The second kappa shape index (κ2) is 7.74. The van der Waals surface area contributed by atoms with Gasteiger partial charge in [-0.05, 0) is 65.7 Å². The summed E-state index contributed by atoms with van der Waals surface area (Å²) in [7, 11) is 4.83. The molecule has 0 atom stereocenters. The van der Waals surface area contributed by atoms with Crippen LogP contribution < -0.4 is 14.2 Å². The van der Waals surface area contributed by atoms with Crippen LogP contribution in [0, 0.1) is 0 Å². The van der Waals surface area contributed by atoms with Crippen LogP contribution in [0.3, 0.4) is 0 Å². The van der Waals surface area contributed by atoms with Crippen LogP contribution >= 0.6 is 0 Å². The molecule has 4 heteroatoms. The molecule has 4 nitrogen and oxygen atoms in total. The maximum Gasteiger partial charge on any atom is 0.193 e. The number of rotatable bonds is 6. The molecular formula is C22H20O4. The zero-order chi connectivity index (χ0) is 18.5. The molecule has 0 bridgehead atoms. The number of carbonyl (C=O) groups is 1. The summed E-state index contributed by atoms with van der Waals surface area (Å²) in [5.74, 6) is 2.12. The lowest BCUT2D eigenvalue weighted by molar-refractivity contribution is 0.103. The van der Waals surface area contributed by atoms with Gasteiger partial charge in [-0.2, -0.15) is 0 Å². The fourth-order valence-electron chi connectivity index (χ4n) is 2.76. The van der Waals surface area contributed by atoms with E-state index in [2.05, 4.69) is 0 Å². The van der Waals surface area contributed by atoms with Gasteiger partial charge in [-0.15, -0.1) is 0 Å². The van der Waals surface area contributed by atoms with Crippen molar-refractivity contribution in [3.63, 3.8) is 0 Å². The molecule has 0 aliphatic rings. The van der Waals surface area contributed by atoms with Crippen LogP contribution in [-0.4, -0.2) is 27.1 Å². The van der Waals surface area contributed by atoms with Crippen LogP contribution in [0.1, 0.15) is 15.9 Å². The Kier molecular flexibility index (Phi) is 5.23. The van der Waals surface area contributed by atoms with E-state index in [0.29, 0.717) is 22.6 Å². The Morgan fingerprint density at radius 2 is 1.15 bits per heavy atom. The zero-order valence-corrected chi connectivity index (χ0v) is 15.0. The van der Waals surface area contributed by atoms with Gasteiger partial charge in [0.25, 0.3) is 0 Å². The third-order valence-corrected chi connectivity index (χ3v) is 4.22. The summed E-state index contributed by atoms with van der Waals surface area (Å²) in [6, 6.07) is 20.2. The van der Waals surface area contributed by atoms with E-state index in [1.807, 2.05) is 30.3 Å². The van der Waals surface area contributed by atoms with E-state index in [-0.39, 0.29) is 5.78 Å². The van der Waals surface area contributed by atoms with E-state index in [4.69, 9.17) is 14.2 Å². The first kappa shape index (κ1) is 17.5. The van der Waals surface area contributed by atoms with Crippen molar-refractivity contribution < 1.29 is 19.0 Å². The molecule has 3 aromatic rings. The summed E-state index contributed by atoms with van der Waals surface area (Å²) < 4.78 is 15.7. The summed E-state index contributed by atoms with van der Waals surface area (Å²) in [6.07, 6.45) is 0. The molecule has 132 valence electrons. The predicted octanol–water partition coefficient (Wildman–Crippen LogP) is 4.61. The molecule has 0 N–H and O–H groups in total. The highest BCUT2D eigenvalue weighted by molar-refractivity contribution is 6.13. The molecule has 3 aromatic carbocycles. The van der Waals surface area contributed by atoms with Gasteiger partial charge in [0.2, 0.25) is 0 Å². The van der Waals surface area contributed by atoms with E-state index in [1.165, 1.54) is 0 Å². The second-order valence-corrected chi connectivity index (χ2v) is 5.70. The molecule has 0 fully saturated rings. The smallest absolute Gasteiger partial charge is 0.193 e. The van der Waals surface area contributed by atoms with Crippen LogP contribution in [0.4, 0.5) is 0 Å². The minimum atomic E-state index is -0.0545. The van der Waals surface area contributed by atoms with Crippen molar-refractivity contribution >= 4 is 5.78 Å². The number of benzene rings is 3. The number of ether oxygens (including phenoxy) is 3. The van der Waals surface area contributed by atoms with E-state index in [0.717, 1.165) is 16.9 Å². The number of hydrogen-bond acceptors (Lipinski definition) is 4. The SMILES string of the molecule is COc1ccc(C(=O)c2ccc(OC)cc2-c2ccc(OC)cc2)cc1. The zero-order valence-electron chi connectivity index (χ0n) is 15.0. The van der Waals surface area contributed by atoms with Gasteiger partial charge in [0.1, 0.15) is 17.2 Å². The molecule has 26 heavy (non-hydrogen) atoms. The van der Waals surface area contributed by atoms with Crippen LogP contribution in [0.5, 0.6) is 17.2 Å². The highest BCUT2D eigenvalue weighted by atomic mass is 16.5. The van der Waals surface area contributed by atoms with Crippen molar-refractivity contribution in [1.82, 2.24) is 0 Å². The number of ketones is 1. The van der Waals surface area contributed by atoms with Gasteiger partial charge in [-0.3, -0.25) is 4.79 Å². The molecule has 0 amide bonds. The van der Waals surface area contributed by atoms with Crippen molar-refractivity contribution in [3.05, 3.63) is 77.9 Å². The average Bonchev–Trinajstić information content (AvgIpc) is 2.73. The first-order valence-electron chi connectivity index (χ1n) is 8.17. The van der Waals surface area contributed by atoms with Crippen LogP contribution in [0.2, 0.25) is 0 Å². The van der Waals surface area contributed by atoms with Gasteiger partial charge in [0, 0.05) is 11.1 Å². The molecule has 0 aromatic heterocycles. The normalized spacial score (nSPS) is 10.3. The van der Waals surface area contributed by atoms with Gasteiger partial charge in [0.15, 0.2) is 5.78 Å². The summed E-state index contributed by atoms with van der Waals surface area (Å²) in [5, 5.41) is 0. The van der Waals surface area contributed by atoms with Gasteiger partial charge >= 0.3 is 0 Å². The van der Waals surface area contributed by atoms with Gasteiger partial charge in [0.05, 0.1) is 21.3 Å². The molecule has 0 aliphatic carbocycles.